The van der Waals surface area contributed by atoms with Crippen molar-refractivity contribution in [3.05, 3.63) is 35.3 Å². The number of methoxy groups -OCH3 is 2. The molecule has 0 fully saturated rings. The molecule has 0 spiro atoms. The Balaban J connectivity index is 2.67. The third kappa shape index (κ3) is 2.07. The van der Waals surface area contributed by atoms with E-state index in [2.05, 4.69) is 0 Å². The van der Waals surface area contributed by atoms with Crippen molar-refractivity contribution < 1.29 is 28.3 Å². The van der Waals surface area contributed by atoms with Gasteiger partial charge < -0.3 is 13.9 Å². The molecule has 1 aromatic rings. The van der Waals surface area contributed by atoms with E-state index in [1.54, 1.807) is 19.1 Å². The van der Waals surface area contributed by atoms with Crippen LogP contribution in [0.2, 0.25) is 0 Å². The number of esters is 2. The average molecular weight is 292 g/mol. The van der Waals surface area contributed by atoms with Crippen LogP contribution in [-0.4, -0.2) is 32.4 Å². The van der Waals surface area contributed by atoms with Gasteiger partial charge in [0.15, 0.2) is 5.41 Å². The lowest BCUT2D eigenvalue weighted by Crippen LogP contribution is -2.44. The van der Waals surface area contributed by atoms with Crippen molar-refractivity contribution in [2.24, 2.45) is 5.41 Å². The Labute approximate surface area is 121 Å². The summed E-state index contributed by atoms with van der Waals surface area (Å²) >= 11 is 0. The SMILES string of the molecule is COC(=O)C1(C(=O)OC)CC(C)=C(C=O)[C@H]1c1ccco1. The Kier molecular flexibility index (Phi) is 3.97. The number of ether oxygens (including phenoxy) is 2. The van der Waals surface area contributed by atoms with Gasteiger partial charge in [-0.1, -0.05) is 5.57 Å². The molecule has 1 heterocycles. The fourth-order valence-electron chi connectivity index (χ4n) is 2.98. The largest absolute Gasteiger partial charge is 0.469 e. The first-order valence-corrected chi connectivity index (χ1v) is 6.38. The monoisotopic (exact) mass is 292 g/mol. The van der Waals surface area contributed by atoms with E-state index in [0.717, 1.165) is 0 Å². The maximum absolute atomic E-state index is 12.3. The molecule has 1 atom stereocenters. The summed E-state index contributed by atoms with van der Waals surface area (Å²) in [6.45, 7) is 1.70. The van der Waals surface area contributed by atoms with Crippen LogP contribution in [0.5, 0.6) is 0 Å². The molecule has 0 saturated carbocycles. The van der Waals surface area contributed by atoms with Gasteiger partial charge in [0.1, 0.15) is 12.0 Å². The molecule has 112 valence electrons. The number of allylic oxidation sites excluding steroid dienone is 2. The maximum Gasteiger partial charge on any atom is 0.324 e. The van der Waals surface area contributed by atoms with E-state index in [0.29, 0.717) is 23.2 Å². The third-order valence-corrected chi connectivity index (χ3v) is 3.89. The Morgan fingerprint density at radius 2 is 1.95 bits per heavy atom. The quantitative estimate of drug-likeness (QED) is 0.476. The van der Waals surface area contributed by atoms with Crippen molar-refractivity contribution in [3.63, 3.8) is 0 Å². The van der Waals surface area contributed by atoms with E-state index in [1.165, 1.54) is 20.5 Å². The lowest BCUT2D eigenvalue weighted by atomic mass is 9.73. The maximum atomic E-state index is 12.3. The normalized spacial score (nSPS) is 20.2. The second-order valence-electron chi connectivity index (χ2n) is 4.93. The van der Waals surface area contributed by atoms with Crippen LogP contribution in [0.25, 0.3) is 0 Å². The van der Waals surface area contributed by atoms with Crippen LogP contribution in [0, 0.1) is 5.41 Å². The Morgan fingerprint density at radius 3 is 2.38 bits per heavy atom. The molecule has 6 nitrogen and oxygen atoms in total. The highest BCUT2D eigenvalue weighted by Gasteiger charge is 2.61. The van der Waals surface area contributed by atoms with Crippen molar-refractivity contribution in [3.8, 4) is 0 Å². The number of carbonyl (C=O) groups excluding carboxylic acids is 3. The highest BCUT2D eigenvalue weighted by atomic mass is 16.5. The van der Waals surface area contributed by atoms with E-state index in [9.17, 15) is 14.4 Å². The van der Waals surface area contributed by atoms with Gasteiger partial charge in [-0.25, -0.2) is 0 Å². The average Bonchev–Trinajstić information content (AvgIpc) is 3.10. The van der Waals surface area contributed by atoms with Gasteiger partial charge in [-0.3, -0.25) is 14.4 Å². The number of rotatable bonds is 4. The lowest BCUT2D eigenvalue weighted by Gasteiger charge is -2.29. The van der Waals surface area contributed by atoms with E-state index >= 15 is 0 Å². The summed E-state index contributed by atoms with van der Waals surface area (Å²) in [6, 6.07) is 3.25. The predicted molar refractivity (Wildman–Crippen MR) is 71.3 cm³/mol. The highest BCUT2D eigenvalue weighted by Crippen LogP contribution is 2.53. The van der Waals surface area contributed by atoms with Crippen molar-refractivity contribution in [2.45, 2.75) is 19.3 Å². The first-order chi connectivity index (χ1) is 10.0. The number of aldehydes is 1. The summed E-state index contributed by atoms with van der Waals surface area (Å²) in [5.74, 6) is -1.98. The van der Waals surface area contributed by atoms with Gasteiger partial charge in [0.25, 0.3) is 0 Å². The Morgan fingerprint density at radius 1 is 1.33 bits per heavy atom. The Bertz CT molecular complexity index is 580. The molecular weight excluding hydrogens is 276 g/mol. The molecule has 1 aliphatic carbocycles. The number of hydrogen-bond donors (Lipinski definition) is 0. The van der Waals surface area contributed by atoms with Crippen molar-refractivity contribution >= 4 is 18.2 Å². The topological polar surface area (TPSA) is 82.8 Å². The summed E-state index contributed by atoms with van der Waals surface area (Å²) in [5, 5.41) is 0. The molecule has 2 rings (SSSR count). The van der Waals surface area contributed by atoms with Crippen molar-refractivity contribution in [2.75, 3.05) is 14.2 Å². The van der Waals surface area contributed by atoms with Gasteiger partial charge in [-0.2, -0.15) is 0 Å². The van der Waals surface area contributed by atoms with E-state index in [4.69, 9.17) is 13.9 Å². The minimum Gasteiger partial charge on any atom is -0.469 e. The smallest absolute Gasteiger partial charge is 0.324 e. The molecule has 21 heavy (non-hydrogen) atoms. The number of hydrogen-bond acceptors (Lipinski definition) is 6. The molecule has 0 N–H and O–H groups in total. The standard InChI is InChI=1S/C15H16O6/c1-9-7-15(13(17)19-2,14(18)20-3)12(10(9)8-16)11-5-4-6-21-11/h4-6,8,12H,7H2,1-3H3/t12-/m0/s1. The molecular formula is C15H16O6. The molecule has 0 unspecified atom stereocenters. The molecule has 6 heteroatoms. The molecule has 0 amide bonds. The lowest BCUT2D eigenvalue weighted by molar-refractivity contribution is -0.170. The van der Waals surface area contributed by atoms with Crippen LogP contribution in [0.3, 0.4) is 0 Å². The molecule has 0 radical (unpaired) electrons. The van der Waals surface area contributed by atoms with Gasteiger partial charge in [0, 0.05) is 5.57 Å². The van der Waals surface area contributed by atoms with Crippen LogP contribution in [0.1, 0.15) is 25.0 Å². The zero-order valence-electron chi connectivity index (χ0n) is 12.0. The zero-order valence-corrected chi connectivity index (χ0v) is 12.0. The van der Waals surface area contributed by atoms with Crippen LogP contribution >= 0.6 is 0 Å². The first kappa shape index (κ1) is 15.0. The summed E-state index contributed by atoms with van der Waals surface area (Å²) < 4.78 is 14.9. The van der Waals surface area contributed by atoms with Gasteiger partial charge in [-0.15, -0.1) is 0 Å². The molecule has 0 aliphatic heterocycles. The summed E-state index contributed by atoms with van der Waals surface area (Å²) in [5.41, 5.74) is -0.634. The second-order valence-corrected chi connectivity index (χ2v) is 4.93. The zero-order chi connectivity index (χ0) is 15.6. The minimum absolute atomic E-state index is 0.0613. The Hall–Kier alpha value is -2.37. The first-order valence-electron chi connectivity index (χ1n) is 6.38. The van der Waals surface area contributed by atoms with Crippen LogP contribution in [-0.2, 0) is 23.9 Å². The molecule has 0 aromatic carbocycles. The van der Waals surface area contributed by atoms with E-state index < -0.39 is 23.3 Å². The van der Waals surface area contributed by atoms with Crippen molar-refractivity contribution in [1.82, 2.24) is 0 Å². The third-order valence-electron chi connectivity index (χ3n) is 3.89. The number of furan rings is 1. The fraction of sp³-hybridized carbons (Fsp3) is 0.400. The van der Waals surface area contributed by atoms with Crippen molar-refractivity contribution in [1.29, 1.82) is 0 Å². The molecule has 0 saturated heterocycles. The van der Waals surface area contributed by atoms with Gasteiger partial charge >= 0.3 is 11.9 Å². The molecule has 0 bridgehead atoms. The van der Waals surface area contributed by atoms with Crippen LogP contribution in [0.15, 0.2) is 34.0 Å². The van der Waals surface area contributed by atoms with Gasteiger partial charge in [0.2, 0.25) is 0 Å². The second kappa shape index (κ2) is 5.55. The van der Waals surface area contributed by atoms with E-state index in [-0.39, 0.29) is 6.42 Å². The predicted octanol–water partition coefficient (Wildman–Crippen LogP) is 1.61. The number of carbonyl (C=O) groups is 3. The molecule has 1 aliphatic rings. The van der Waals surface area contributed by atoms with Crippen LogP contribution < -0.4 is 0 Å². The molecule has 1 aromatic heterocycles. The summed E-state index contributed by atoms with van der Waals surface area (Å²) in [7, 11) is 2.39. The highest BCUT2D eigenvalue weighted by molar-refractivity contribution is 6.04. The van der Waals surface area contributed by atoms with E-state index in [1.807, 2.05) is 0 Å². The summed E-state index contributed by atoms with van der Waals surface area (Å²) in [6.07, 6.45) is 2.13. The van der Waals surface area contributed by atoms with Gasteiger partial charge in [-0.05, 0) is 25.5 Å². The summed E-state index contributed by atoms with van der Waals surface area (Å²) in [4.78, 5) is 36.1. The van der Waals surface area contributed by atoms with Crippen LogP contribution in [0.4, 0.5) is 0 Å². The minimum atomic E-state index is -1.62. The fourth-order valence-corrected chi connectivity index (χ4v) is 2.98. The van der Waals surface area contributed by atoms with Gasteiger partial charge in [0.05, 0.1) is 26.4 Å².